The second-order valence-corrected chi connectivity index (χ2v) is 8.44. The summed E-state index contributed by atoms with van der Waals surface area (Å²) < 4.78 is 39.9. The maximum Gasteiger partial charge on any atom is 0.416 e. The Morgan fingerprint density at radius 2 is 1.89 bits per heavy atom. The van der Waals surface area contributed by atoms with Crippen molar-refractivity contribution in [2.24, 2.45) is 0 Å². The topological polar surface area (TPSA) is 54.9 Å². The second-order valence-electron chi connectivity index (χ2n) is 5.32. The first-order valence-corrected chi connectivity index (χ1v) is 10.1. The van der Waals surface area contributed by atoms with Gasteiger partial charge in [-0.15, -0.1) is 10.2 Å². The lowest BCUT2D eigenvalue weighted by Crippen LogP contribution is -2.13. The zero-order valence-electron chi connectivity index (χ0n) is 13.5. The number of carbonyl (C=O) groups excluding carboxylic acids is 1. The molecule has 0 radical (unpaired) electrons. The third-order valence-corrected chi connectivity index (χ3v) is 5.93. The fourth-order valence-electron chi connectivity index (χ4n) is 2.05. The molecule has 0 aliphatic carbocycles. The van der Waals surface area contributed by atoms with Crippen LogP contribution in [0.5, 0.6) is 0 Å². The molecule has 1 amide bonds. The Morgan fingerprint density at radius 1 is 1.15 bits per heavy atom. The van der Waals surface area contributed by atoms with E-state index in [4.69, 9.17) is 0 Å². The largest absolute Gasteiger partial charge is 0.416 e. The highest BCUT2D eigenvalue weighted by atomic mass is 79.9. The first-order valence-electron chi connectivity index (χ1n) is 7.50. The Bertz CT molecular complexity index is 945. The van der Waals surface area contributed by atoms with Crippen molar-refractivity contribution in [3.8, 4) is 0 Å². The van der Waals surface area contributed by atoms with Crippen molar-refractivity contribution < 1.29 is 18.0 Å². The van der Waals surface area contributed by atoms with E-state index in [-0.39, 0.29) is 10.7 Å². The minimum atomic E-state index is -4.50. The molecule has 4 nitrogen and oxygen atoms in total. The fraction of sp³-hybridized carbons (Fsp3) is 0.118. The predicted molar refractivity (Wildman–Crippen MR) is 103 cm³/mol. The molecular weight excluding hydrogens is 463 g/mol. The van der Waals surface area contributed by atoms with Crippen LogP contribution in [0.2, 0.25) is 0 Å². The van der Waals surface area contributed by atoms with Crippen LogP contribution in [0.4, 0.5) is 18.3 Å². The zero-order chi connectivity index (χ0) is 19.4. The molecule has 0 fully saturated rings. The summed E-state index contributed by atoms with van der Waals surface area (Å²) in [6, 6.07) is 12.1. The molecule has 0 bridgehead atoms. The second kappa shape index (κ2) is 8.41. The third kappa shape index (κ3) is 5.53. The Kier molecular flexibility index (Phi) is 6.18. The molecule has 0 spiro atoms. The average molecular weight is 474 g/mol. The van der Waals surface area contributed by atoms with Crippen LogP contribution in [0.15, 0.2) is 57.3 Å². The summed E-state index contributed by atoms with van der Waals surface area (Å²) in [5.74, 6) is 0.0189. The number of nitrogens with one attached hydrogen (secondary N) is 1. The smallest absolute Gasteiger partial charge is 0.296 e. The van der Waals surface area contributed by atoms with Crippen molar-refractivity contribution in [3.63, 3.8) is 0 Å². The van der Waals surface area contributed by atoms with Gasteiger partial charge in [-0.05, 0) is 35.9 Å². The molecular formula is C17H11BrF3N3OS2. The van der Waals surface area contributed by atoms with Gasteiger partial charge in [0.2, 0.25) is 5.13 Å². The maximum atomic E-state index is 12.8. The fourth-order valence-corrected chi connectivity index (χ4v) is 4.02. The summed E-state index contributed by atoms with van der Waals surface area (Å²) in [4.78, 5) is 12.2. The van der Waals surface area contributed by atoms with Crippen LogP contribution in [0, 0.1) is 0 Å². The van der Waals surface area contributed by atoms with Crippen molar-refractivity contribution in [2.45, 2.75) is 16.3 Å². The van der Waals surface area contributed by atoms with E-state index in [1.165, 1.54) is 35.2 Å². The molecule has 1 heterocycles. The molecule has 0 aliphatic rings. The number of aromatic nitrogens is 2. The number of hydrogen-bond acceptors (Lipinski definition) is 5. The summed E-state index contributed by atoms with van der Waals surface area (Å²) in [6.45, 7) is 0. The molecule has 3 aromatic rings. The maximum absolute atomic E-state index is 12.8. The normalized spacial score (nSPS) is 11.4. The summed E-state index contributed by atoms with van der Waals surface area (Å²) in [5, 5.41) is 10.6. The van der Waals surface area contributed by atoms with Gasteiger partial charge in [0.1, 0.15) is 0 Å². The Labute approximate surface area is 169 Å². The summed E-state index contributed by atoms with van der Waals surface area (Å²) in [5.41, 5.74) is 0.134. The first-order chi connectivity index (χ1) is 12.8. The molecule has 1 N–H and O–H groups in total. The Balaban J connectivity index is 1.62. The number of benzene rings is 2. The number of anilines is 1. The van der Waals surface area contributed by atoms with Gasteiger partial charge in [0, 0.05) is 15.8 Å². The number of amides is 1. The standard InChI is InChI=1S/C17H11BrF3N3OS2/c18-13-6-4-10(5-7-13)9-26-16-24-23-15(27-16)22-14(25)11-2-1-3-12(8-11)17(19,20)21/h1-8H,9H2,(H,22,23,25). The van der Waals surface area contributed by atoms with E-state index in [2.05, 4.69) is 31.4 Å². The lowest BCUT2D eigenvalue weighted by molar-refractivity contribution is -0.137. The van der Waals surface area contributed by atoms with Gasteiger partial charge in [0.05, 0.1) is 5.56 Å². The monoisotopic (exact) mass is 473 g/mol. The summed E-state index contributed by atoms with van der Waals surface area (Å²) in [6.07, 6.45) is -4.50. The van der Waals surface area contributed by atoms with Crippen molar-refractivity contribution in [1.82, 2.24) is 10.2 Å². The van der Waals surface area contributed by atoms with Gasteiger partial charge in [-0.2, -0.15) is 13.2 Å². The van der Waals surface area contributed by atoms with Crippen LogP contribution in [0.3, 0.4) is 0 Å². The summed E-state index contributed by atoms with van der Waals surface area (Å²) in [7, 11) is 0. The molecule has 1 aromatic heterocycles. The lowest BCUT2D eigenvalue weighted by atomic mass is 10.1. The highest BCUT2D eigenvalue weighted by Gasteiger charge is 2.31. The van der Waals surface area contributed by atoms with Crippen molar-refractivity contribution >= 4 is 50.1 Å². The first kappa shape index (κ1) is 19.8. The molecule has 0 unspecified atom stereocenters. The van der Waals surface area contributed by atoms with Gasteiger partial charge in [-0.3, -0.25) is 10.1 Å². The van der Waals surface area contributed by atoms with E-state index < -0.39 is 17.6 Å². The van der Waals surface area contributed by atoms with Crippen molar-refractivity contribution in [2.75, 3.05) is 5.32 Å². The van der Waals surface area contributed by atoms with E-state index >= 15 is 0 Å². The van der Waals surface area contributed by atoms with Gasteiger partial charge in [0.25, 0.3) is 5.91 Å². The SMILES string of the molecule is O=C(Nc1nnc(SCc2ccc(Br)cc2)s1)c1cccc(C(F)(F)F)c1. The number of thioether (sulfide) groups is 1. The number of halogens is 4. The number of nitrogens with zero attached hydrogens (tertiary/aromatic N) is 2. The molecule has 0 saturated heterocycles. The third-order valence-electron chi connectivity index (χ3n) is 3.35. The number of carbonyl (C=O) groups is 1. The van der Waals surface area contributed by atoms with Crippen LogP contribution in [0.25, 0.3) is 0 Å². The average Bonchev–Trinajstić information content (AvgIpc) is 3.08. The van der Waals surface area contributed by atoms with Crippen molar-refractivity contribution in [1.29, 1.82) is 0 Å². The van der Waals surface area contributed by atoms with Crippen LogP contribution >= 0.6 is 39.0 Å². The molecule has 3 rings (SSSR count). The molecule has 140 valence electrons. The molecule has 0 saturated carbocycles. The number of rotatable bonds is 5. The highest BCUT2D eigenvalue weighted by molar-refractivity contribution is 9.10. The molecule has 0 aliphatic heterocycles. The van der Waals surface area contributed by atoms with Crippen LogP contribution < -0.4 is 5.32 Å². The summed E-state index contributed by atoms with van der Waals surface area (Å²) >= 11 is 6.00. The van der Waals surface area contributed by atoms with Gasteiger partial charge in [-0.1, -0.05) is 57.2 Å². The quantitative estimate of drug-likeness (QED) is 0.372. The van der Waals surface area contributed by atoms with E-state index in [0.29, 0.717) is 10.1 Å². The van der Waals surface area contributed by atoms with E-state index in [1.807, 2.05) is 24.3 Å². The minimum absolute atomic E-state index is 0.0934. The number of hydrogen-bond donors (Lipinski definition) is 1. The van der Waals surface area contributed by atoms with Crippen molar-refractivity contribution in [3.05, 3.63) is 69.7 Å². The van der Waals surface area contributed by atoms with Gasteiger partial charge in [-0.25, -0.2) is 0 Å². The number of alkyl halides is 3. The van der Waals surface area contributed by atoms with Gasteiger partial charge >= 0.3 is 6.18 Å². The highest BCUT2D eigenvalue weighted by Crippen LogP contribution is 2.31. The predicted octanol–water partition coefficient (Wildman–Crippen LogP) is 5.86. The lowest BCUT2D eigenvalue weighted by Gasteiger charge is -2.08. The minimum Gasteiger partial charge on any atom is -0.296 e. The van der Waals surface area contributed by atoms with Crippen LogP contribution in [-0.4, -0.2) is 16.1 Å². The van der Waals surface area contributed by atoms with E-state index in [1.54, 1.807) is 0 Å². The molecule has 10 heteroatoms. The molecule has 0 atom stereocenters. The van der Waals surface area contributed by atoms with Gasteiger partial charge in [0.15, 0.2) is 4.34 Å². The Morgan fingerprint density at radius 3 is 2.59 bits per heavy atom. The van der Waals surface area contributed by atoms with E-state index in [0.717, 1.165) is 22.2 Å². The Hall–Kier alpha value is -1.91. The van der Waals surface area contributed by atoms with E-state index in [9.17, 15) is 18.0 Å². The van der Waals surface area contributed by atoms with Crippen LogP contribution in [-0.2, 0) is 11.9 Å². The van der Waals surface area contributed by atoms with Gasteiger partial charge < -0.3 is 0 Å². The molecule has 27 heavy (non-hydrogen) atoms. The van der Waals surface area contributed by atoms with Crippen LogP contribution in [0.1, 0.15) is 21.5 Å². The zero-order valence-corrected chi connectivity index (χ0v) is 16.7. The molecule has 2 aromatic carbocycles.